The smallest absolute Gasteiger partial charge is 0.412 e. The van der Waals surface area contributed by atoms with Crippen molar-refractivity contribution in [1.29, 1.82) is 0 Å². The van der Waals surface area contributed by atoms with E-state index in [1.165, 1.54) is 11.1 Å². The van der Waals surface area contributed by atoms with Crippen LogP contribution in [0.15, 0.2) is 42.9 Å². The summed E-state index contributed by atoms with van der Waals surface area (Å²) < 4.78 is 27.2. The number of hydrogen-bond donors (Lipinski definition) is 2. The van der Waals surface area contributed by atoms with Crippen molar-refractivity contribution in [2.24, 2.45) is 0 Å². The summed E-state index contributed by atoms with van der Waals surface area (Å²) in [5, 5.41) is 3.08. The number of anilines is 1. The van der Waals surface area contributed by atoms with Crippen molar-refractivity contribution in [3.63, 3.8) is 0 Å². The van der Waals surface area contributed by atoms with Gasteiger partial charge in [0, 0.05) is 35.9 Å². The maximum Gasteiger partial charge on any atom is 0.412 e. The van der Waals surface area contributed by atoms with Crippen molar-refractivity contribution >= 4 is 40.7 Å². The van der Waals surface area contributed by atoms with Crippen LogP contribution in [0.2, 0.25) is 5.02 Å². The van der Waals surface area contributed by atoms with Gasteiger partial charge in [0.2, 0.25) is 0 Å². The Morgan fingerprint density at radius 3 is 2.61 bits per heavy atom. The molecule has 1 aliphatic rings. The fourth-order valence-corrected chi connectivity index (χ4v) is 3.64. The molecule has 0 fully saturated rings. The zero-order chi connectivity index (χ0) is 24.8. The number of halogens is 1. The third-order valence-electron chi connectivity index (χ3n) is 4.63. The Morgan fingerprint density at radius 1 is 1.33 bits per heavy atom. The lowest BCUT2D eigenvalue weighted by molar-refractivity contribution is 0.0636. The van der Waals surface area contributed by atoms with Gasteiger partial charge in [-0.15, -0.1) is 0 Å². The standard InChI is InChI=1S/C22H31ClN4O5S/c1-6-7-8-11-27(33(30)31)21(29)26-13-12-25(16(26)2)15-17-9-10-18(14-19(17)23)24-20(28)32-22(3,4)5/h8-14,16H,6-7,15H2,1-5H3,(H,24,28)(H,30,31)/b11-8+. The number of rotatable bonds is 7. The first-order valence-corrected chi connectivity index (χ1v) is 12.0. The second-order valence-electron chi connectivity index (χ2n) is 8.46. The molecule has 0 aliphatic carbocycles. The predicted octanol–water partition coefficient (Wildman–Crippen LogP) is 5.49. The monoisotopic (exact) mass is 498 g/mol. The SMILES string of the molecule is CCC/C=C/N(C(=O)N1C=CN(Cc2ccc(NC(=O)OC(C)(C)C)cc2Cl)C1C)S(=O)O. The molecular weight excluding hydrogens is 468 g/mol. The summed E-state index contributed by atoms with van der Waals surface area (Å²) in [6.45, 7) is 9.50. The van der Waals surface area contributed by atoms with Gasteiger partial charge < -0.3 is 9.64 Å². The highest BCUT2D eigenvalue weighted by Crippen LogP contribution is 2.26. The minimum Gasteiger partial charge on any atom is -0.444 e. The Balaban J connectivity index is 2.04. The summed E-state index contributed by atoms with van der Waals surface area (Å²) in [7, 11) is 0. The van der Waals surface area contributed by atoms with Gasteiger partial charge >= 0.3 is 12.1 Å². The van der Waals surface area contributed by atoms with Crippen LogP contribution in [0.25, 0.3) is 0 Å². The second-order valence-corrected chi connectivity index (χ2v) is 9.72. The third kappa shape index (κ3) is 7.76. The molecule has 0 saturated heterocycles. The number of benzene rings is 1. The lowest BCUT2D eigenvalue weighted by Gasteiger charge is -2.30. The molecule has 2 rings (SSSR count). The molecule has 1 heterocycles. The van der Waals surface area contributed by atoms with Gasteiger partial charge in [-0.05, 0) is 51.8 Å². The van der Waals surface area contributed by atoms with Crippen LogP contribution in [0.4, 0.5) is 15.3 Å². The lowest BCUT2D eigenvalue weighted by Crippen LogP contribution is -2.45. The van der Waals surface area contributed by atoms with Crippen LogP contribution >= 0.6 is 11.6 Å². The van der Waals surface area contributed by atoms with Crippen molar-refractivity contribution in [2.45, 2.75) is 65.8 Å². The number of nitrogens with zero attached hydrogens (tertiary/aromatic N) is 3. The van der Waals surface area contributed by atoms with Crippen LogP contribution in [-0.4, -0.2) is 46.8 Å². The van der Waals surface area contributed by atoms with Gasteiger partial charge in [-0.2, -0.15) is 4.31 Å². The molecule has 1 aromatic carbocycles. The summed E-state index contributed by atoms with van der Waals surface area (Å²) in [5.74, 6) is 0. The van der Waals surface area contributed by atoms with Gasteiger partial charge in [0.25, 0.3) is 11.3 Å². The zero-order valence-electron chi connectivity index (χ0n) is 19.4. The molecule has 2 N–H and O–H groups in total. The van der Waals surface area contributed by atoms with Crippen LogP contribution in [0.5, 0.6) is 0 Å². The molecular formula is C22H31ClN4O5S. The highest BCUT2D eigenvalue weighted by molar-refractivity contribution is 7.77. The van der Waals surface area contributed by atoms with E-state index in [-0.39, 0.29) is 0 Å². The van der Waals surface area contributed by atoms with Gasteiger partial charge in [0.1, 0.15) is 11.8 Å². The van der Waals surface area contributed by atoms with Crippen molar-refractivity contribution in [2.75, 3.05) is 5.32 Å². The third-order valence-corrected chi connectivity index (χ3v) is 5.59. The van der Waals surface area contributed by atoms with E-state index in [4.69, 9.17) is 16.3 Å². The van der Waals surface area contributed by atoms with Crippen LogP contribution in [-0.2, 0) is 22.5 Å². The Hall–Kier alpha value is -2.56. The zero-order valence-corrected chi connectivity index (χ0v) is 21.0. The van der Waals surface area contributed by atoms with E-state index in [1.807, 2.05) is 11.8 Å². The average Bonchev–Trinajstić information content (AvgIpc) is 3.05. The van der Waals surface area contributed by atoms with E-state index in [2.05, 4.69) is 5.32 Å². The van der Waals surface area contributed by atoms with Gasteiger partial charge in [-0.1, -0.05) is 37.1 Å². The van der Waals surface area contributed by atoms with E-state index in [9.17, 15) is 18.4 Å². The van der Waals surface area contributed by atoms with E-state index in [0.717, 1.165) is 16.3 Å². The van der Waals surface area contributed by atoms with Crippen LogP contribution < -0.4 is 5.32 Å². The molecule has 0 bridgehead atoms. The van der Waals surface area contributed by atoms with Crippen LogP contribution in [0.1, 0.15) is 53.0 Å². The fraction of sp³-hybridized carbons (Fsp3) is 0.455. The first-order chi connectivity index (χ1) is 15.4. The first kappa shape index (κ1) is 26.7. The summed E-state index contributed by atoms with van der Waals surface area (Å²) in [5.41, 5.74) is 0.668. The predicted molar refractivity (Wildman–Crippen MR) is 129 cm³/mol. The normalized spacial score (nSPS) is 16.9. The molecule has 9 nitrogen and oxygen atoms in total. The van der Waals surface area contributed by atoms with E-state index >= 15 is 0 Å². The molecule has 0 radical (unpaired) electrons. The minimum atomic E-state index is -2.48. The molecule has 2 atom stereocenters. The summed E-state index contributed by atoms with van der Waals surface area (Å²) in [6.07, 6.45) is 6.87. The number of unbranched alkanes of at least 4 members (excludes halogenated alkanes) is 1. The van der Waals surface area contributed by atoms with Gasteiger partial charge in [0.05, 0.1) is 0 Å². The lowest BCUT2D eigenvalue weighted by atomic mass is 10.2. The van der Waals surface area contributed by atoms with Crippen molar-refractivity contribution in [3.8, 4) is 0 Å². The number of hydrogen-bond acceptors (Lipinski definition) is 5. The summed E-state index contributed by atoms with van der Waals surface area (Å²) >= 11 is 3.94. The van der Waals surface area contributed by atoms with E-state index < -0.39 is 35.2 Å². The second kappa shape index (κ2) is 11.5. The number of allylic oxidation sites excluding steroid dienone is 1. The molecule has 182 valence electrons. The molecule has 11 heteroatoms. The summed E-state index contributed by atoms with van der Waals surface area (Å²) in [4.78, 5) is 28.0. The number of ether oxygens (including phenoxy) is 1. The average molecular weight is 499 g/mol. The maximum absolute atomic E-state index is 12.8. The highest BCUT2D eigenvalue weighted by Gasteiger charge is 2.32. The molecule has 0 aromatic heterocycles. The molecule has 1 aliphatic heterocycles. The fourth-order valence-electron chi connectivity index (χ4n) is 2.98. The number of carbonyl (C=O) groups is 2. The number of nitrogens with one attached hydrogen (secondary N) is 1. The molecule has 0 saturated carbocycles. The largest absolute Gasteiger partial charge is 0.444 e. The number of urea groups is 1. The molecule has 2 unspecified atom stereocenters. The maximum atomic E-state index is 12.8. The quantitative estimate of drug-likeness (QED) is 0.481. The number of amides is 3. The summed E-state index contributed by atoms with van der Waals surface area (Å²) in [6, 6.07) is 4.51. The van der Waals surface area contributed by atoms with Gasteiger partial charge in [-0.25, -0.2) is 13.8 Å². The van der Waals surface area contributed by atoms with Crippen molar-refractivity contribution in [1.82, 2.24) is 14.1 Å². The van der Waals surface area contributed by atoms with Crippen LogP contribution in [0, 0.1) is 0 Å². The minimum absolute atomic E-state index is 0.390. The Bertz CT molecular complexity index is 947. The number of carbonyl (C=O) groups excluding carboxylic acids is 2. The Kier molecular flexibility index (Phi) is 9.33. The first-order valence-electron chi connectivity index (χ1n) is 10.5. The molecule has 0 spiro atoms. The van der Waals surface area contributed by atoms with Crippen molar-refractivity contribution < 1.29 is 23.1 Å². The Morgan fingerprint density at radius 2 is 2.03 bits per heavy atom. The van der Waals surface area contributed by atoms with E-state index in [1.54, 1.807) is 64.4 Å². The molecule has 33 heavy (non-hydrogen) atoms. The molecule has 1 aromatic rings. The van der Waals surface area contributed by atoms with Gasteiger partial charge in [0.15, 0.2) is 0 Å². The van der Waals surface area contributed by atoms with Crippen molar-refractivity contribution in [3.05, 3.63) is 53.5 Å². The highest BCUT2D eigenvalue weighted by atomic mass is 35.5. The van der Waals surface area contributed by atoms with E-state index in [0.29, 0.717) is 23.7 Å². The topological polar surface area (TPSA) is 102 Å². The van der Waals surface area contributed by atoms with Crippen LogP contribution in [0.3, 0.4) is 0 Å². The molecule has 3 amide bonds. The van der Waals surface area contributed by atoms with Gasteiger partial charge in [-0.3, -0.25) is 14.8 Å². The Labute approximate surface area is 202 Å².